The standard InChI is InChI=1S/C12H9FN2O/c13-9-5-2-1-4-8(9)12-15-11-10(16-12)6-3-7-14-11/h1-7,12H,(H,14,15). The third-order valence-corrected chi connectivity index (χ3v) is 2.47. The Hall–Kier alpha value is -2.10. The Labute approximate surface area is 91.9 Å². The number of halogens is 1. The predicted molar refractivity (Wildman–Crippen MR) is 57.6 cm³/mol. The van der Waals surface area contributed by atoms with E-state index in [1.807, 2.05) is 0 Å². The number of hydrogen-bond donors (Lipinski definition) is 1. The van der Waals surface area contributed by atoms with Crippen LogP contribution in [0.1, 0.15) is 11.8 Å². The van der Waals surface area contributed by atoms with E-state index >= 15 is 0 Å². The summed E-state index contributed by atoms with van der Waals surface area (Å²) in [6.07, 6.45) is 1.17. The molecule has 1 N–H and O–H groups in total. The first-order chi connectivity index (χ1) is 7.84. The van der Waals surface area contributed by atoms with Gasteiger partial charge in [-0.1, -0.05) is 18.2 Å². The molecule has 3 nitrogen and oxygen atoms in total. The molecule has 0 aliphatic carbocycles. The molecule has 2 aromatic rings. The molecule has 1 atom stereocenters. The van der Waals surface area contributed by atoms with Crippen molar-refractivity contribution in [2.45, 2.75) is 6.23 Å². The van der Waals surface area contributed by atoms with E-state index in [2.05, 4.69) is 10.3 Å². The highest BCUT2D eigenvalue weighted by atomic mass is 19.1. The first-order valence-electron chi connectivity index (χ1n) is 4.97. The van der Waals surface area contributed by atoms with Gasteiger partial charge in [-0.2, -0.15) is 0 Å². The summed E-state index contributed by atoms with van der Waals surface area (Å²) in [5.74, 6) is 1.01. The molecule has 16 heavy (non-hydrogen) atoms. The maximum absolute atomic E-state index is 13.5. The van der Waals surface area contributed by atoms with Gasteiger partial charge in [-0.25, -0.2) is 9.37 Å². The first-order valence-corrected chi connectivity index (χ1v) is 4.97. The number of rotatable bonds is 1. The van der Waals surface area contributed by atoms with Crippen LogP contribution in [0, 0.1) is 5.82 Å². The molecule has 0 radical (unpaired) electrons. The van der Waals surface area contributed by atoms with Crippen LogP contribution in [0.5, 0.6) is 5.75 Å². The van der Waals surface area contributed by atoms with Gasteiger partial charge in [-0.3, -0.25) is 0 Å². The van der Waals surface area contributed by atoms with Gasteiger partial charge in [0, 0.05) is 11.8 Å². The Kier molecular flexibility index (Phi) is 1.99. The Morgan fingerprint density at radius 1 is 1.19 bits per heavy atom. The van der Waals surface area contributed by atoms with Crippen LogP contribution in [-0.2, 0) is 0 Å². The maximum Gasteiger partial charge on any atom is 0.200 e. The van der Waals surface area contributed by atoms with Crippen molar-refractivity contribution in [3.8, 4) is 5.75 Å². The number of hydrogen-bond acceptors (Lipinski definition) is 3. The number of ether oxygens (including phenoxy) is 1. The molecule has 3 rings (SSSR count). The van der Waals surface area contributed by atoms with E-state index in [0.29, 0.717) is 17.1 Å². The SMILES string of the molecule is Fc1ccccc1C1Nc2ncccc2O1. The van der Waals surface area contributed by atoms with E-state index in [0.717, 1.165) is 0 Å². The van der Waals surface area contributed by atoms with Gasteiger partial charge in [-0.15, -0.1) is 0 Å². The van der Waals surface area contributed by atoms with E-state index in [1.54, 1.807) is 36.5 Å². The molecule has 1 aromatic heterocycles. The minimum atomic E-state index is -0.494. The number of benzene rings is 1. The molecule has 4 heteroatoms. The van der Waals surface area contributed by atoms with Crippen LogP contribution < -0.4 is 10.1 Å². The van der Waals surface area contributed by atoms with Crippen LogP contribution >= 0.6 is 0 Å². The summed E-state index contributed by atoms with van der Waals surface area (Å²) in [5, 5.41) is 3.02. The Morgan fingerprint density at radius 3 is 2.88 bits per heavy atom. The highest BCUT2D eigenvalue weighted by Gasteiger charge is 2.25. The summed E-state index contributed by atoms with van der Waals surface area (Å²) < 4.78 is 19.1. The molecule has 0 saturated heterocycles. The van der Waals surface area contributed by atoms with E-state index < -0.39 is 6.23 Å². The Balaban J connectivity index is 1.95. The van der Waals surface area contributed by atoms with Crippen LogP contribution in [0.15, 0.2) is 42.6 Å². The van der Waals surface area contributed by atoms with Gasteiger partial charge < -0.3 is 10.1 Å². The lowest BCUT2D eigenvalue weighted by Crippen LogP contribution is -2.12. The van der Waals surface area contributed by atoms with Gasteiger partial charge in [0.25, 0.3) is 0 Å². The number of nitrogens with zero attached hydrogens (tertiary/aromatic N) is 1. The summed E-state index contributed by atoms with van der Waals surface area (Å²) in [6, 6.07) is 10.1. The monoisotopic (exact) mass is 216 g/mol. The second kappa shape index (κ2) is 3.48. The van der Waals surface area contributed by atoms with Gasteiger partial charge in [-0.05, 0) is 18.2 Å². The van der Waals surface area contributed by atoms with Crippen molar-refractivity contribution < 1.29 is 9.13 Å². The molecule has 0 amide bonds. The summed E-state index contributed by atoms with van der Waals surface area (Å²) in [4.78, 5) is 4.11. The molecule has 0 bridgehead atoms. The normalized spacial score (nSPS) is 17.4. The van der Waals surface area contributed by atoms with Crippen LogP contribution in [0.2, 0.25) is 0 Å². The molecule has 2 heterocycles. The van der Waals surface area contributed by atoms with Gasteiger partial charge >= 0.3 is 0 Å². The van der Waals surface area contributed by atoms with Gasteiger partial charge in [0.1, 0.15) is 5.82 Å². The second-order valence-corrected chi connectivity index (χ2v) is 3.51. The number of aromatic nitrogens is 1. The fourth-order valence-corrected chi connectivity index (χ4v) is 1.70. The summed E-state index contributed by atoms with van der Waals surface area (Å²) in [5.41, 5.74) is 0.487. The summed E-state index contributed by atoms with van der Waals surface area (Å²) in [6.45, 7) is 0. The lowest BCUT2D eigenvalue weighted by molar-refractivity contribution is 0.253. The highest BCUT2D eigenvalue weighted by molar-refractivity contribution is 5.54. The number of nitrogens with one attached hydrogen (secondary N) is 1. The van der Waals surface area contributed by atoms with E-state index in [4.69, 9.17) is 4.74 Å². The third kappa shape index (κ3) is 1.39. The molecule has 1 unspecified atom stereocenters. The molecular formula is C12H9FN2O. The van der Waals surface area contributed by atoms with E-state index in [9.17, 15) is 4.39 Å². The topological polar surface area (TPSA) is 34.2 Å². The third-order valence-electron chi connectivity index (χ3n) is 2.47. The van der Waals surface area contributed by atoms with Crippen LogP contribution in [0.3, 0.4) is 0 Å². The maximum atomic E-state index is 13.5. The summed E-state index contributed by atoms with van der Waals surface area (Å²) in [7, 11) is 0. The van der Waals surface area contributed by atoms with Crippen molar-refractivity contribution in [1.82, 2.24) is 4.98 Å². The number of pyridine rings is 1. The second-order valence-electron chi connectivity index (χ2n) is 3.51. The van der Waals surface area contributed by atoms with Crippen LogP contribution in [0.25, 0.3) is 0 Å². The van der Waals surface area contributed by atoms with E-state index in [-0.39, 0.29) is 5.82 Å². The molecule has 0 fully saturated rings. The minimum Gasteiger partial charge on any atom is -0.462 e. The van der Waals surface area contributed by atoms with Crippen molar-refractivity contribution in [1.29, 1.82) is 0 Å². The molecule has 0 spiro atoms. The molecule has 0 saturated carbocycles. The largest absolute Gasteiger partial charge is 0.462 e. The quantitative estimate of drug-likeness (QED) is 0.795. The predicted octanol–water partition coefficient (Wildman–Crippen LogP) is 2.72. The van der Waals surface area contributed by atoms with E-state index in [1.165, 1.54) is 6.07 Å². The van der Waals surface area contributed by atoms with Crippen LogP contribution in [-0.4, -0.2) is 4.98 Å². The Morgan fingerprint density at radius 2 is 2.06 bits per heavy atom. The average molecular weight is 216 g/mol. The Bertz CT molecular complexity index is 505. The first kappa shape index (κ1) is 9.15. The number of anilines is 1. The highest BCUT2D eigenvalue weighted by Crippen LogP contribution is 2.36. The van der Waals surface area contributed by atoms with Crippen LogP contribution in [0.4, 0.5) is 10.2 Å². The van der Waals surface area contributed by atoms with Gasteiger partial charge in [0.15, 0.2) is 11.6 Å². The number of fused-ring (bicyclic) bond motifs is 1. The van der Waals surface area contributed by atoms with Crippen molar-refractivity contribution >= 4 is 5.82 Å². The molecule has 1 aromatic carbocycles. The van der Waals surface area contributed by atoms with Crippen molar-refractivity contribution in [2.75, 3.05) is 5.32 Å². The molecule has 1 aliphatic heterocycles. The lowest BCUT2D eigenvalue weighted by atomic mass is 10.2. The fraction of sp³-hybridized carbons (Fsp3) is 0.0833. The van der Waals surface area contributed by atoms with Gasteiger partial charge in [0.05, 0.1) is 0 Å². The smallest absolute Gasteiger partial charge is 0.200 e. The summed E-state index contributed by atoms with van der Waals surface area (Å²) >= 11 is 0. The average Bonchev–Trinajstić information content (AvgIpc) is 2.73. The minimum absolute atomic E-state index is 0.284. The fourth-order valence-electron chi connectivity index (χ4n) is 1.70. The van der Waals surface area contributed by atoms with Gasteiger partial charge in [0.2, 0.25) is 6.23 Å². The molecule has 80 valence electrons. The van der Waals surface area contributed by atoms with Crippen molar-refractivity contribution in [3.05, 3.63) is 54.0 Å². The zero-order chi connectivity index (χ0) is 11.0. The van der Waals surface area contributed by atoms with Crippen molar-refractivity contribution in [3.63, 3.8) is 0 Å². The van der Waals surface area contributed by atoms with Crippen molar-refractivity contribution in [2.24, 2.45) is 0 Å². The molecular weight excluding hydrogens is 207 g/mol. The zero-order valence-corrected chi connectivity index (χ0v) is 8.35. The lowest BCUT2D eigenvalue weighted by Gasteiger charge is -2.11. The molecule has 1 aliphatic rings. The zero-order valence-electron chi connectivity index (χ0n) is 8.35.